The lowest BCUT2D eigenvalue weighted by Crippen LogP contribution is -2.23. The summed E-state index contributed by atoms with van der Waals surface area (Å²) >= 11 is 1.78. The number of primary amides is 1. The SMILES string of the molecule is CSCCNCCC(N)=O. The van der Waals surface area contributed by atoms with Gasteiger partial charge in [-0.3, -0.25) is 4.79 Å². The van der Waals surface area contributed by atoms with E-state index in [1.165, 1.54) is 0 Å². The van der Waals surface area contributed by atoms with E-state index >= 15 is 0 Å². The van der Waals surface area contributed by atoms with Gasteiger partial charge in [-0.2, -0.15) is 11.8 Å². The first kappa shape index (κ1) is 9.78. The van der Waals surface area contributed by atoms with Gasteiger partial charge in [0.2, 0.25) is 5.91 Å². The van der Waals surface area contributed by atoms with Crippen molar-refractivity contribution in [3.8, 4) is 0 Å². The predicted octanol–water partition coefficient (Wildman–Crippen LogP) is -0.186. The summed E-state index contributed by atoms with van der Waals surface area (Å²) in [6, 6.07) is 0. The molecule has 10 heavy (non-hydrogen) atoms. The first-order valence-electron chi connectivity index (χ1n) is 3.25. The molecule has 0 radical (unpaired) electrons. The lowest BCUT2D eigenvalue weighted by molar-refractivity contribution is -0.117. The van der Waals surface area contributed by atoms with Crippen molar-refractivity contribution >= 4 is 17.7 Å². The molecule has 0 aliphatic heterocycles. The third-order valence-corrected chi connectivity index (χ3v) is 1.64. The smallest absolute Gasteiger partial charge is 0.218 e. The van der Waals surface area contributed by atoms with Crippen LogP contribution in [0.1, 0.15) is 6.42 Å². The summed E-state index contributed by atoms with van der Waals surface area (Å²) in [6.07, 6.45) is 2.49. The summed E-state index contributed by atoms with van der Waals surface area (Å²) in [5.74, 6) is 0.843. The lowest BCUT2D eigenvalue weighted by atomic mass is 10.4. The van der Waals surface area contributed by atoms with E-state index in [9.17, 15) is 4.79 Å². The van der Waals surface area contributed by atoms with Crippen LogP contribution < -0.4 is 11.1 Å². The fraction of sp³-hybridized carbons (Fsp3) is 0.833. The van der Waals surface area contributed by atoms with Crippen LogP contribution in [-0.2, 0) is 4.79 Å². The number of nitrogens with two attached hydrogens (primary N) is 1. The van der Waals surface area contributed by atoms with Gasteiger partial charge in [0.1, 0.15) is 0 Å². The van der Waals surface area contributed by atoms with Gasteiger partial charge in [-0.15, -0.1) is 0 Å². The maximum Gasteiger partial charge on any atom is 0.218 e. The first-order chi connectivity index (χ1) is 4.77. The maximum absolute atomic E-state index is 10.2. The zero-order valence-electron chi connectivity index (χ0n) is 6.22. The molecule has 3 N–H and O–H groups in total. The monoisotopic (exact) mass is 162 g/mol. The minimum atomic E-state index is -0.239. The van der Waals surface area contributed by atoms with E-state index in [0.717, 1.165) is 12.3 Å². The number of hydrogen-bond acceptors (Lipinski definition) is 3. The molecule has 0 unspecified atom stereocenters. The normalized spacial score (nSPS) is 9.70. The summed E-state index contributed by atoms with van der Waals surface area (Å²) in [5, 5.41) is 3.10. The van der Waals surface area contributed by atoms with Crippen LogP contribution in [0.2, 0.25) is 0 Å². The van der Waals surface area contributed by atoms with Crippen LogP contribution in [0.5, 0.6) is 0 Å². The Morgan fingerprint density at radius 2 is 2.30 bits per heavy atom. The average Bonchev–Trinajstić information content (AvgIpc) is 1.87. The molecule has 0 aliphatic carbocycles. The standard InChI is InChI=1S/C6H14N2OS/c1-10-5-4-8-3-2-6(7)9/h8H,2-5H2,1H3,(H2,7,9). The van der Waals surface area contributed by atoms with Crippen LogP contribution >= 0.6 is 11.8 Å². The molecule has 0 saturated heterocycles. The fourth-order valence-corrected chi connectivity index (χ4v) is 0.859. The van der Waals surface area contributed by atoms with Crippen LogP contribution in [0.25, 0.3) is 0 Å². The van der Waals surface area contributed by atoms with Crippen molar-refractivity contribution in [2.75, 3.05) is 25.1 Å². The van der Waals surface area contributed by atoms with Crippen LogP contribution in [0.3, 0.4) is 0 Å². The summed E-state index contributed by atoms with van der Waals surface area (Å²) in [4.78, 5) is 10.2. The number of nitrogens with one attached hydrogen (secondary N) is 1. The van der Waals surface area contributed by atoms with Gasteiger partial charge in [-0.25, -0.2) is 0 Å². The average molecular weight is 162 g/mol. The van der Waals surface area contributed by atoms with Crippen LogP contribution in [0.15, 0.2) is 0 Å². The molecule has 0 aromatic heterocycles. The summed E-state index contributed by atoms with van der Waals surface area (Å²) < 4.78 is 0. The lowest BCUT2D eigenvalue weighted by Gasteiger charge is -1.99. The molecule has 0 saturated carbocycles. The number of amides is 1. The van der Waals surface area contributed by atoms with Gasteiger partial charge in [0.15, 0.2) is 0 Å². The Labute approximate surface area is 65.7 Å². The molecule has 4 heteroatoms. The number of carbonyl (C=O) groups excluding carboxylic acids is 1. The number of rotatable bonds is 6. The van der Waals surface area contributed by atoms with Crippen molar-refractivity contribution in [2.45, 2.75) is 6.42 Å². The largest absolute Gasteiger partial charge is 0.370 e. The molecule has 0 aromatic carbocycles. The van der Waals surface area contributed by atoms with E-state index in [-0.39, 0.29) is 5.91 Å². The number of thioether (sulfide) groups is 1. The molecule has 60 valence electrons. The zero-order valence-corrected chi connectivity index (χ0v) is 7.04. The molecular formula is C6H14N2OS. The Bertz CT molecular complexity index is 97.7. The molecular weight excluding hydrogens is 148 g/mol. The van der Waals surface area contributed by atoms with Crippen molar-refractivity contribution in [1.82, 2.24) is 5.32 Å². The second-order valence-electron chi connectivity index (χ2n) is 1.96. The van der Waals surface area contributed by atoms with E-state index in [1.54, 1.807) is 11.8 Å². The molecule has 0 spiro atoms. The minimum Gasteiger partial charge on any atom is -0.370 e. The molecule has 3 nitrogen and oxygen atoms in total. The summed E-state index contributed by atoms with van der Waals surface area (Å²) in [6.45, 7) is 1.66. The van der Waals surface area contributed by atoms with Gasteiger partial charge in [0, 0.05) is 25.3 Å². The van der Waals surface area contributed by atoms with Gasteiger partial charge >= 0.3 is 0 Å². The molecule has 0 aromatic rings. The van der Waals surface area contributed by atoms with Crippen molar-refractivity contribution in [3.63, 3.8) is 0 Å². The molecule has 1 amide bonds. The Morgan fingerprint density at radius 3 is 2.80 bits per heavy atom. The van der Waals surface area contributed by atoms with Crippen LogP contribution in [-0.4, -0.2) is 31.0 Å². The third kappa shape index (κ3) is 7.78. The molecule has 0 fully saturated rings. The fourth-order valence-electron chi connectivity index (χ4n) is 0.511. The Kier molecular flexibility index (Phi) is 6.74. The van der Waals surface area contributed by atoms with E-state index < -0.39 is 0 Å². The Hall–Kier alpha value is -0.220. The highest BCUT2D eigenvalue weighted by molar-refractivity contribution is 7.98. The van der Waals surface area contributed by atoms with Gasteiger partial charge in [0.25, 0.3) is 0 Å². The highest BCUT2D eigenvalue weighted by atomic mass is 32.2. The Morgan fingerprint density at radius 1 is 1.60 bits per heavy atom. The number of hydrogen-bond donors (Lipinski definition) is 2. The second-order valence-corrected chi connectivity index (χ2v) is 2.94. The van der Waals surface area contributed by atoms with Crippen molar-refractivity contribution < 1.29 is 4.79 Å². The van der Waals surface area contributed by atoms with Gasteiger partial charge in [-0.1, -0.05) is 0 Å². The number of carbonyl (C=O) groups is 1. The van der Waals surface area contributed by atoms with E-state index in [0.29, 0.717) is 13.0 Å². The maximum atomic E-state index is 10.2. The highest BCUT2D eigenvalue weighted by Gasteiger charge is 1.91. The molecule has 0 aliphatic rings. The van der Waals surface area contributed by atoms with Crippen molar-refractivity contribution in [1.29, 1.82) is 0 Å². The first-order valence-corrected chi connectivity index (χ1v) is 4.64. The zero-order chi connectivity index (χ0) is 7.82. The molecule has 0 rings (SSSR count). The Balaban J connectivity index is 2.84. The van der Waals surface area contributed by atoms with Crippen molar-refractivity contribution in [3.05, 3.63) is 0 Å². The van der Waals surface area contributed by atoms with Gasteiger partial charge in [-0.05, 0) is 6.26 Å². The predicted molar refractivity (Wildman–Crippen MR) is 45.1 cm³/mol. The van der Waals surface area contributed by atoms with E-state index in [4.69, 9.17) is 5.73 Å². The van der Waals surface area contributed by atoms with E-state index in [1.807, 2.05) is 0 Å². The third-order valence-electron chi connectivity index (χ3n) is 1.03. The summed E-state index contributed by atoms with van der Waals surface area (Å²) in [5.41, 5.74) is 4.92. The minimum absolute atomic E-state index is 0.239. The van der Waals surface area contributed by atoms with Gasteiger partial charge in [0.05, 0.1) is 0 Å². The second kappa shape index (κ2) is 6.89. The molecule has 0 bridgehead atoms. The van der Waals surface area contributed by atoms with Crippen LogP contribution in [0.4, 0.5) is 0 Å². The molecule has 0 atom stereocenters. The quantitative estimate of drug-likeness (QED) is 0.532. The highest BCUT2D eigenvalue weighted by Crippen LogP contribution is 1.86. The van der Waals surface area contributed by atoms with Gasteiger partial charge < -0.3 is 11.1 Å². The van der Waals surface area contributed by atoms with Crippen molar-refractivity contribution in [2.24, 2.45) is 5.73 Å². The van der Waals surface area contributed by atoms with E-state index in [2.05, 4.69) is 11.6 Å². The molecule has 0 heterocycles. The topological polar surface area (TPSA) is 55.1 Å². The van der Waals surface area contributed by atoms with Crippen LogP contribution in [0, 0.1) is 0 Å². The summed E-state index contributed by atoms with van der Waals surface area (Å²) in [7, 11) is 0.